The van der Waals surface area contributed by atoms with E-state index >= 15 is 0 Å². The molecule has 1 N–H and O–H groups in total. The smallest absolute Gasteiger partial charge is 0.269 e. The van der Waals surface area contributed by atoms with Gasteiger partial charge in [0.05, 0.1) is 7.11 Å². The average Bonchev–Trinajstić information content (AvgIpc) is 2.97. The van der Waals surface area contributed by atoms with Gasteiger partial charge in [0.1, 0.15) is 11.4 Å². The second-order valence-corrected chi connectivity index (χ2v) is 11.0. The van der Waals surface area contributed by atoms with Gasteiger partial charge in [0.25, 0.3) is 5.91 Å². The molecule has 5 rings (SSSR count). The van der Waals surface area contributed by atoms with Crippen LogP contribution in [0.5, 0.6) is 5.75 Å². The van der Waals surface area contributed by atoms with E-state index in [9.17, 15) is 4.79 Å². The first-order chi connectivity index (χ1) is 18.6. The number of carbonyl (C=O) groups excluding carboxylic acids is 1. The summed E-state index contributed by atoms with van der Waals surface area (Å²) in [6, 6.07) is 16.0. The highest BCUT2D eigenvalue weighted by molar-refractivity contribution is 6.30. The van der Waals surface area contributed by atoms with E-state index in [1.165, 1.54) is 54.5 Å². The SMILES string of the molecule is COc1c(C2CCN(CCCCNC(=O)c3ccc(-c4ccc(Cl)cc4)cn3)CC2)ccc2c1CCCC2. The molecule has 0 radical (unpaired) electrons. The average molecular weight is 532 g/mol. The van der Waals surface area contributed by atoms with E-state index in [0.29, 0.717) is 23.2 Å². The number of carbonyl (C=O) groups is 1. The van der Waals surface area contributed by atoms with Gasteiger partial charge >= 0.3 is 0 Å². The van der Waals surface area contributed by atoms with Crippen molar-refractivity contribution in [3.63, 3.8) is 0 Å². The normalized spacial score (nSPS) is 16.2. The molecule has 1 aliphatic heterocycles. The number of rotatable bonds is 9. The lowest BCUT2D eigenvalue weighted by Gasteiger charge is -2.33. The van der Waals surface area contributed by atoms with Crippen molar-refractivity contribution in [2.45, 2.75) is 57.3 Å². The van der Waals surface area contributed by atoms with Crippen LogP contribution < -0.4 is 10.1 Å². The summed E-state index contributed by atoms with van der Waals surface area (Å²) in [4.78, 5) is 19.4. The predicted octanol–water partition coefficient (Wildman–Crippen LogP) is 6.68. The topological polar surface area (TPSA) is 54.5 Å². The van der Waals surface area contributed by atoms with Gasteiger partial charge in [-0.3, -0.25) is 9.78 Å². The van der Waals surface area contributed by atoms with Gasteiger partial charge in [-0.05, 0) is 117 Å². The Hall–Kier alpha value is -2.89. The molecule has 1 saturated heterocycles. The highest BCUT2D eigenvalue weighted by Gasteiger charge is 2.26. The number of aromatic nitrogens is 1. The van der Waals surface area contributed by atoms with Crippen LogP contribution >= 0.6 is 11.6 Å². The minimum atomic E-state index is -0.118. The van der Waals surface area contributed by atoms with Gasteiger partial charge in [0.15, 0.2) is 0 Å². The van der Waals surface area contributed by atoms with E-state index in [0.717, 1.165) is 50.0 Å². The number of amides is 1. The molecule has 38 heavy (non-hydrogen) atoms. The first-order valence-corrected chi connectivity index (χ1v) is 14.4. The lowest BCUT2D eigenvalue weighted by atomic mass is 9.83. The number of unbranched alkanes of at least 4 members (excludes halogenated alkanes) is 1. The minimum absolute atomic E-state index is 0.118. The summed E-state index contributed by atoms with van der Waals surface area (Å²) in [5, 5.41) is 3.72. The number of piperidine rings is 1. The summed E-state index contributed by atoms with van der Waals surface area (Å²) in [5.74, 6) is 1.64. The van der Waals surface area contributed by atoms with Gasteiger partial charge in [-0.1, -0.05) is 41.9 Å². The molecule has 0 spiro atoms. The zero-order valence-corrected chi connectivity index (χ0v) is 23.1. The molecule has 1 aliphatic carbocycles. The number of methoxy groups -OCH3 is 1. The molecule has 3 aromatic rings. The Kier molecular flexibility index (Phi) is 8.98. The highest BCUT2D eigenvalue weighted by Crippen LogP contribution is 2.40. The third-order valence-electron chi connectivity index (χ3n) is 8.10. The summed E-state index contributed by atoms with van der Waals surface area (Å²) in [5.41, 5.74) is 6.82. The van der Waals surface area contributed by atoms with E-state index in [1.807, 2.05) is 37.4 Å². The lowest BCUT2D eigenvalue weighted by molar-refractivity contribution is 0.0947. The molecule has 0 unspecified atom stereocenters. The Morgan fingerprint density at radius 2 is 1.76 bits per heavy atom. The summed E-state index contributed by atoms with van der Waals surface area (Å²) < 4.78 is 5.94. The van der Waals surface area contributed by atoms with Crippen LogP contribution in [0.25, 0.3) is 11.1 Å². The molecule has 2 aromatic carbocycles. The largest absolute Gasteiger partial charge is 0.496 e. The molecular formula is C32H38ClN3O2. The van der Waals surface area contributed by atoms with Crippen LogP contribution in [0.2, 0.25) is 5.02 Å². The van der Waals surface area contributed by atoms with Gasteiger partial charge in [-0.15, -0.1) is 0 Å². The van der Waals surface area contributed by atoms with Gasteiger partial charge in [-0.2, -0.15) is 0 Å². The minimum Gasteiger partial charge on any atom is -0.496 e. The van der Waals surface area contributed by atoms with Gasteiger partial charge in [0.2, 0.25) is 0 Å². The van der Waals surface area contributed by atoms with E-state index in [1.54, 1.807) is 12.3 Å². The molecule has 200 valence electrons. The number of halogens is 1. The van der Waals surface area contributed by atoms with Crippen molar-refractivity contribution in [1.82, 2.24) is 15.2 Å². The number of nitrogens with zero attached hydrogens (tertiary/aromatic N) is 2. The van der Waals surface area contributed by atoms with Crippen LogP contribution in [-0.4, -0.2) is 49.1 Å². The third kappa shape index (κ3) is 6.39. The van der Waals surface area contributed by atoms with Crippen molar-refractivity contribution in [2.75, 3.05) is 33.3 Å². The maximum atomic E-state index is 12.5. The zero-order chi connectivity index (χ0) is 26.3. The molecular weight excluding hydrogens is 494 g/mol. The molecule has 0 atom stereocenters. The maximum absolute atomic E-state index is 12.5. The number of benzene rings is 2. The van der Waals surface area contributed by atoms with Crippen LogP contribution in [0, 0.1) is 0 Å². The molecule has 0 saturated carbocycles. The van der Waals surface area contributed by atoms with E-state index < -0.39 is 0 Å². The van der Waals surface area contributed by atoms with Crippen LogP contribution in [0.4, 0.5) is 0 Å². The third-order valence-corrected chi connectivity index (χ3v) is 8.35. The van der Waals surface area contributed by atoms with Gasteiger partial charge < -0.3 is 15.0 Å². The number of aryl methyl sites for hydroxylation is 1. The number of fused-ring (bicyclic) bond motifs is 1. The second-order valence-electron chi connectivity index (χ2n) is 10.6. The monoisotopic (exact) mass is 531 g/mol. The van der Waals surface area contributed by atoms with Crippen molar-refractivity contribution in [2.24, 2.45) is 0 Å². The predicted molar refractivity (Wildman–Crippen MR) is 154 cm³/mol. The number of hydrogen-bond donors (Lipinski definition) is 1. The summed E-state index contributed by atoms with van der Waals surface area (Å²) in [6.45, 7) is 4.00. The van der Waals surface area contributed by atoms with Gasteiger partial charge in [-0.25, -0.2) is 0 Å². The van der Waals surface area contributed by atoms with Crippen molar-refractivity contribution in [3.05, 3.63) is 82.1 Å². The van der Waals surface area contributed by atoms with Crippen LogP contribution in [-0.2, 0) is 12.8 Å². The first-order valence-electron chi connectivity index (χ1n) is 14.0. The summed E-state index contributed by atoms with van der Waals surface area (Å²) in [6.07, 6.45) is 11.1. The molecule has 0 bridgehead atoms. The van der Waals surface area contributed by atoms with Crippen molar-refractivity contribution in [1.29, 1.82) is 0 Å². The zero-order valence-electron chi connectivity index (χ0n) is 22.3. The standard InChI is InChI=1S/C32H38ClN3O2/c1-38-31-28-7-3-2-6-24(28)10-14-29(31)25-16-20-36(21-17-25)19-5-4-18-34-32(37)30-15-11-26(22-35-30)23-8-12-27(33)13-9-23/h8-15,22,25H,2-7,16-21H2,1H3,(H,34,37). The van der Waals surface area contributed by atoms with Crippen molar-refractivity contribution < 1.29 is 9.53 Å². The van der Waals surface area contributed by atoms with E-state index in [2.05, 4.69) is 27.3 Å². The van der Waals surface area contributed by atoms with E-state index in [4.69, 9.17) is 16.3 Å². The number of ether oxygens (including phenoxy) is 1. The fraction of sp³-hybridized carbons (Fsp3) is 0.438. The molecule has 1 amide bonds. The molecule has 1 aromatic heterocycles. The Labute approximate surface area is 231 Å². The van der Waals surface area contributed by atoms with Gasteiger partial charge in [0, 0.05) is 23.3 Å². The molecule has 2 aliphatic rings. The van der Waals surface area contributed by atoms with E-state index in [-0.39, 0.29) is 5.91 Å². The number of hydrogen-bond acceptors (Lipinski definition) is 4. The highest BCUT2D eigenvalue weighted by atomic mass is 35.5. The maximum Gasteiger partial charge on any atom is 0.269 e. The Morgan fingerprint density at radius 1 is 1.00 bits per heavy atom. The fourth-order valence-electron chi connectivity index (χ4n) is 5.94. The summed E-state index contributed by atoms with van der Waals surface area (Å²) >= 11 is 5.96. The molecule has 2 heterocycles. The van der Waals surface area contributed by atoms with Crippen molar-refractivity contribution >= 4 is 17.5 Å². The molecule has 5 nitrogen and oxygen atoms in total. The second kappa shape index (κ2) is 12.8. The number of nitrogens with one attached hydrogen (secondary N) is 1. The molecule has 6 heteroatoms. The number of pyridine rings is 1. The quantitative estimate of drug-likeness (QED) is 0.313. The number of likely N-dealkylation sites (tertiary alicyclic amines) is 1. The van der Waals surface area contributed by atoms with Crippen molar-refractivity contribution in [3.8, 4) is 16.9 Å². The Bertz CT molecular complexity index is 1220. The van der Waals surface area contributed by atoms with Crippen LogP contribution in [0.3, 0.4) is 0 Å². The molecule has 1 fully saturated rings. The van der Waals surface area contributed by atoms with Crippen LogP contribution in [0.1, 0.15) is 71.6 Å². The fourth-order valence-corrected chi connectivity index (χ4v) is 6.06. The summed E-state index contributed by atoms with van der Waals surface area (Å²) in [7, 11) is 1.84. The lowest BCUT2D eigenvalue weighted by Crippen LogP contribution is -2.34. The Morgan fingerprint density at radius 3 is 2.50 bits per heavy atom. The Balaban J connectivity index is 1.02. The first kappa shape index (κ1) is 26.7. The van der Waals surface area contributed by atoms with Crippen LogP contribution in [0.15, 0.2) is 54.7 Å².